The Morgan fingerprint density at radius 1 is 1.08 bits per heavy atom. The van der Waals surface area contributed by atoms with Crippen LogP contribution in [-0.4, -0.2) is 24.1 Å². The molecule has 0 atom stereocenters. The van der Waals surface area contributed by atoms with Crippen LogP contribution >= 0.6 is 11.3 Å². The Labute approximate surface area is 149 Å². The van der Waals surface area contributed by atoms with E-state index in [0.717, 1.165) is 5.56 Å². The molecule has 25 heavy (non-hydrogen) atoms. The number of halogens is 1. The first-order valence-electron chi connectivity index (χ1n) is 7.85. The third-order valence-corrected chi connectivity index (χ3v) is 4.36. The highest BCUT2D eigenvalue weighted by atomic mass is 32.1. The van der Waals surface area contributed by atoms with Gasteiger partial charge in [-0.25, -0.2) is 4.39 Å². The van der Waals surface area contributed by atoms with E-state index in [0.29, 0.717) is 4.88 Å². The van der Waals surface area contributed by atoms with E-state index in [1.165, 1.54) is 17.4 Å². The van der Waals surface area contributed by atoms with Gasteiger partial charge in [0.05, 0.1) is 10.6 Å². The third kappa shape index (κ3) is 6.11. The summed E-state index contributed by atoms with van der Waals surface area (Å²) in [4.78, 5) is 35.9. The first-order valence-corrected chi connectivity index (χ1v) is 8.73. The van der Waals surface area contributed by atoms with Gasteiger partial charge >= 0.3 is 0 Å². The van der Waals surface area contributed by atoms with Crippen molar-refractivity contribution in [2.45, 2.75) is 26.2 Å². The fourth-order valence-corrected chi connectivity index (χ4v) is 2.83. The molecule has 2 N–H and O–H groups in total. The Bertz CT molecular complexity index is 760. The zero-order valence-electron chi connectivity index (χ0n) is 13.8. The lowest BCUT2D eigenvalue weighted by atomic mass is 10.2. The van der Waals surface area contributed by atoms with Gasteiger partial charge in [-0.1, -0.05) is 12.1 Å². The van der Waals surface area contributed by atoms with Crippen molar-refractivity contribution in [1.29, 1.82) is 0 Å². The van der Waals surface area contributed by atoms with Crippen molar-refractivity contribution >= 4 is 34.6 Å². The Hall–Kier alpha value is -2.54. The smallest absolute Gasteiger partial charge is 0.226 e. The van der Waals surface area contributed by atoms with Gasteiger partial charge in [-0.3, -0.25) is 14.4 Å². The van der Waals surface area contributed by atoms with E-state index in [1.54, 1.807) is 31.2 Å². The molecule has 1 aromatic carbocycles. The van der Waals surface area contributed by atoms with Crippen LogP contribution in [0, 0.1) is 12.7 Å². The number of ketones is 1. The van der Waals surface area contributed by atoms with Crippen LogP contribution in [-0.2, 0) is 9.59 Å². The van der Waals surface area contributed by atoms with Gasteiger partial charge in [0, 0.05) is 25.8 Å². The summed E-state index contributed by atoms with van der Waals surface area (Å²) >= 11 is 1.34. The molecule has 0 fully saturated rings. The second kappa shape index (κ2) is 9.08. The molecule has 0 saturated carbocycles. The molecular formula is C18H19FN2O3S. The summed E-state index contributed by atoms with van der Waals surface area (Å²) in [6.45, 7) is 1.93. The predicted molar refractivity (Wildman–Crippen MR) is 95.3 cm³/mol. The van der Waals surface area contributed by atoms with Gasteiger partial charge in [0.15, 0.2) is 5.78 Å². The Balaban J connectivity index is 1.67. The Morgan fingerprint density at radius 2 is 1.88 bits per heavy atom. The molecule has 5 nitrogen and oxygen atoms in total. The molecule has 132 valence electrons. The van der Waals surface area contributed by atoms with Crippen molar-refractivity contribution in [1.82, 2.24) is 5.32 Å². The van der Waals surface area contributed by atoms with Crippen LogP contribution in [0.25, 0.3) is 0 Å². The summed E-state index contributed by atoms with van der Waals surface area (Å²) in [6, 6.07) is 7.95. The molecule has 1 heterocycles. The van der Waals surface area contributed by atoms with Crippen molar-refractivity contribution < 1.29 is 18.8 Å². The van der Waals surface area contributed by atoms with Gasteiger partial charge in [0.1, 0.15) is 5.82 Å². The molecule has 0 aliphatic carbocycles. The number of nitrogens with one attached hydrogen (secondary N) is 2. The standard InChI is InChI=1S/C18H19FN2O3S/c1-12-4-5-13(19)14(11-12)21-18(24)8-9-20-17(23)7-6-15(22)16-3-2-10-25-16/h2-5,10-11H,6-9H2,1H3,(H,20,23)(H,21,24). The molecule has 0 bridgehead atoms. The zero-order chi connectivity index (χ0) is 18.2. The molecule has 0 unspecified atom stereocenters. The first-order chi connectivity index (χ1) is 12.0. The molecular weight excluding hydrogens is 343 g/mol. The zero-order valence-corrected chi connectivity index (χ0v) is 14.6. The molecule has 0 spiro atoms. The maximum absolute atomic E-state index is 13.6. The van der Waals surface area contributed by atoms with Gasteiger partial charge in [-0.2, -0.15) is 0 Å². The average Bonchev–Trinajstić information content (AvgIpc) is 3.10. The van der Waals surface area contributed by atoms with Crippen LogP contribution in [0.3, 0.4) is 0 Å². The van der Waals surface area contributed by atoms with E-state index in [-0.39, 0.29) is 49.1 Å². The van der Waals surface area contributed by atoms with Crippen molar-refractivity contribution in [3.63, 3.8) is 0 Å². The molecule has 0 radical (unpaired) electrons. The minimum atomic E-state index is -0.505. The van der Waals surface area contributed by atoms with Crippen molar-refractivity contribution in [2.75, 3.05) is 11.9 Å². The molecule has 1 aromatic heterocycles. The fraction of sp³-hybridized carbons (Fsp3) is 0.278. The maximum Gasteiger partial charge on any atom is 0.226 e. The van der Waals surface area contributed by atoms with Crippen LogP contribution in [0.2, 0.25) is 0 Å². The van der Waals surface area contributed by atoms with Crippen molar-refractivity contribution in [2.24, 2.45) is 0 Å². The van der Waals surface area contributed by atoms with Gasteiger partial charge in [-0.15, -0.1) is 11.3 Å². The number of anilines is 1. The number of carbonyl (C=O) groups is 3. The van der Waals surface area contributed by atoms with E-state index < -0.39 is 5.82 Å². The molecule has 0 aliphatic heterocycles. The quantitative estimate of drug-likeness (QED) is 0.708. The number of thiophene rings is 1. The van der Waals surface area contributed by atoms with Crippen LogP contribution in [0.4, 0.5) is 10.1 Å². The van der Waals surface area contributed by atoms with E-state index in [1.807, 2.05) is 5.38 Å². The Kier molecular flexibility index (Phi) is 6.82. The lowest BCUT2D eigenvalue weighted by molar-refractivity contribution is -0.121. The second-order valence-corrected chi connectivity index (χ2v) is 6.48. The Morgan fingerprint density at radius 3 is 2.60 bits per heavy atom. The largest absolute Gasteiger partial charge is 0.356 e. The van der Waals surface area contributed by atoms with Crippen LogP contribution in [0.1, 0.15) is 34.5 Å². The molecule has 0 saturated heterocycles. The predicted octanol–water partition coefficient (Wildman–Crippen LogP) is 3.30. The summed E-state index contributed by atoms with van der Waals surface area (Å²) in [6.07, 6.45) is 0.232. The average molecular weight is 362 g/mol. The molecule has 7 heteroatoms. The highest BCUT2D eigenvalue weighted by Gasteiger charge is 2.11. The number of rotatable bonds is 8. The van der Waals surface area contributed by atoms with Crippen molar-refractivity contribution in [3.8, 4) is 0 Å². The number of carbonyl (C=O) groups excluding carboxylic acids is 3. The summed E-state index contributed by atoms with van der Waals surface area (Å²) in [5.41, 5.74) is 0.957. The van der Waals surface area contributed by atoms with E-state index in [4.69, 9.17) is 0 Å². The molecule has 2 amide bonds. The topological polar surface area (TPSA) is 75.3 Å². The number of Topliss-reactive ketones (excluding diaryl/α,β-unsaturated/α-hetero) is 1. The van der Waals surface area contributed by atoms with E-state index >= 15 is 0 Å². The van der Waals surface area contributed by atoms with Gasteiger partial charge in [0.2, 0.25) is 11.8 Å². The number of amides is 2. The minimum Gasteiger partial charge on any atom is -0.356 e. The van der Waals surface area contributed by atoms with Crippen LogP contribution in [0.15, 0.2) is 35.7 Å². The monoisotopic (exact) mass is 362 g/mol. The summed E-state index contributed by atoms with van der Waals surface area (Å²) in [5, 5.41) is 6.87. The first kappa shape index (κ1) is 18.8. The number of benzene rings is 1. The molecule has 2 rings (SSSR count). The van der Waals surface area contributed by atoms with Gasteiger partial charge < -0.3 is 10.6 Å². The molecule has 0 aliphatic rings. The van der Waals surface area contributed by atoms with Crippen molar-refractivity contribution in [3.05, 3.63) is 52.0 Å². The van der Waals surface area contributed by atoms with Gasteiger partial charge in [0.25, 0.3) is 0 Å². The second-order valence-electron chi connectivity index (χ2n) is 5.53. The SMILES string of the molecule is Cc1ccc(F)c(NC(=O)CCNC(=O)CCC(=O)c2cccs2)c1. The normalized spacial score (nSPS) is 10.3. The van der Waals surface area contributed by atoms with Gasteiger partial charge in [-0.05, 0) is 36.1 Å². The molecule has 2 aromatic rings. The highest BCUT2D eigenvalue weighted by molar-refractivity contribution is 7.12. The number of aryl methyl sites for hydroxylation is 1. The maximum atomic E-state index is 13.6. The van der Waals surface area contributed by atoms with Crippen LogP contribution in [0.5, 0.6) is 0 Å². The summed E-state index contributed by atoms with van der Waals surface area (Å²) in [5.74, 6) is -1.26. The van der Waals surface area contributed by atoms with E-state index in [9.17, 15) is 18.8 Å². The summed E-state index contributed by atoms with van der Waals surface area (Å²) < 4.78 is 13.6. The summed E-state index contributed by atoms with van der Waals surface area (Å²) in [7, 11) is 0. The van der Waals surface area contributed by atoms with E-state index in [2.05, 4.69) is 10.6 Å². The van der Waals surface area contributed by atoms with Crippen LogP contribution < -0.4 is 10.6 Å². The lowest BCUT2D eigenvalue weighted by Gasteiger charge is -2.08. The number of hydrogen-bond donors (Lipinski definition) is 2. The lowest BCUT2D eigenvalue weighted by Crippen LogP contribution is -2.28. The fourth-order valence-electron chi connectivity index (χ4n) is 2.14. The third-order valence-electron chi connectivity index (χ3n) is 3.45. The number of hydrogen-bond acceptors (Lipinski definition) is 4. The highest BCUT2D eigenvalue weighted by Crippen LogP contribution is 2.15. The minimum absolute atomic E-state index is 0.0258.